The lowest BCUT2D eigenvalue weighted by Crippen LogP contribution is -2.55. The predicted octanol–water partition coefficient (Wildman–Crippen LogP) is 4.48. The van der Waals surface area contributed by atoms with Crippen LogP contribution in [0, 0.1) is 0 Å². The monoisotopic (exact) mass is 680 g/mol. The number of methoxy groups -OCH3 is 1. The van der Waals surface area contributed by atoms with Crippen molar-refractivity contribution in [1.29, 1.82) is 0 Å². The van der Waals surface area contributed by atoms with Crippen LogP contribution < -0.4 is 14.8 Å². The van der Waals surface area contributed by atoms with Gasteiger partial charge in [-0.1, -0.05) is 29.3 Å². The largest absolute Gasteiger partial charge is 0.493 e. The fourth-order valence-corrected chi connectivity index (χ4v) is 6.20. The molecule has 1 heterocycles. The topological polar surface area (TPSA) is 129 Å². The second-order valence-corrected chi connectivity index (χ2v) is 11.6. The normalized spacial score (nSPS) is 20.2. The van der Waals surface area contributed by atoms with Crippen molar-refractivity contribution in [3.63, 3.8) is 0 Å². The summed E-state index contributed by atoms with van der Waals surface area (Å²) in [5, 5.41) is 34.2. The van der Waals surface area contributed by atoms with E-state index in [0.717, 1.165) is 24.3 Å². The van der Waals surface area contributed by atoms with E-state index in [2.05, 4.69) is 5.32 Å². The first kappa shape index (κ1) is 33.6. The van der Waals surface area contributed by atoms with Gasteiger partial charge in [0, 0.05) is 39.8 Å². The Balaban J connectivity index is 1.64. The van der Waals surface area contributed by atoms with Crippen LogP contribution in [-0.2, 0) is 24.1 Å². The Morgan fingerprint density at radius 3 is 2.39 bits per heavy atom. The van der Waals surface area contributed by atoms with Crippen LogP contribution in [0.25, 0.3) is 0 Å². The lowest BCUT2D eigenvalue weighted by molar-refractivity contribution is -0.137. The van der Waals surface area contributed by atoms with Crippen LogP contribution in [0.3, 0.4) is 0 Å². The number of aliphatic hydroxyl groups is 3. The Bertz CT molecular complexity index is 1670. The second kappa shape index (κ2) is 13.5. The Morgan fingerprint density at radius 1 is 1.07 bits per heavy atom. The minimum atomic E-state index is -4.63. The molecule has 3 aromatic carbocycles. The highest BCUT2D eigenvalue weighted by Gasteiger charge is 2.51. The number of carbonyl (C=O) groups excluding carboxylic acids is 2. The molecule has 1 aliphatic carbocycles. The summed E-state index contributed by atoms with van der Waals surface area (Å²) in [5.41, 5.74) is 0.355. The van der Waals surface area contributed by atoms with E-state index in [0.29, 0.717) is 21.7 Å². The number of halogens is 5. The van der Waals surface area contributed by atoms with Crippen LogP contribution in [0.4, 0.5) is 13.2 Å². The zero-order valence-electron chi connectivity index (χ0n) is 24.2. The van der Waals surface area contributed by atoms with E-state index in [1.54, 1.807) is 24.3 Å². The van der Waals surface area contributed by atoms with Gasteiger partial charge in [-0.25, -0.2) is 0 Å². The molecule has 0 saturated carbocycles. The number of aliphatic hydroxyl groups excluding tert-OH is 3. The van der Waals surface area contributed by atoms with Crippen LogP contribution in [0.1, 0.15) is 38.5 Å². The van der Waals surface area contributed by atoms with Crippen molar-refractivity contribution >= 4 is 35.0 Å². The summed E-state index contributed by atoms with van der Waals surface area (Å²) >= 11 is 12.5. The molecular formula is C32H29Cl2F3N2O7. The van der Waals surface area contributed by atoms with E-state index in [1.807, 2.05) is 0 Å². The average molecular weight is 681 g/mol. The van der Waals surface area contributed by atoms with Gasteiger partial charge in [0.05, 0.1) is 37.8 Å². The van der Waals surface area contributed by atoms with E-state index in [9.17, 15) is 38.1 Å². The number of nitrogens with one attached hydrogen (secondary N) is 1. The smallest absolute Gasteiger partial charge is 0.416 e. The summed E-state index contributed by atoms with van der Waals surface area (Å²) in [6.07, 6.45) is -5.83. The van der Waals surface area contributed by atoms with Crippen LogP contribution in [0.15, 0.2) is 66.2 Å². The van der Waals surface area contributed by atoms with E-state index < -0.39 is 47.7 Å². The van der Waals surface area contributed by atoms with Gasteiger partial charge in [0.1, 0.15) is 12.2 Å². The van der Waals surface area contributed by atoms with Crippen molar-refractivity contribution in [2.45, 2.75) is 43.5 Å². The Labute approximate surface area is 271 Å². The first-order valence-corrected chi connectivity index (χ1v) is 14.8. The standard InChI is InChI=1S/C32H29Cl2F3N2O7/c1-45-25-11-16(15-41)10-21-26-22(30(43)38-8-9-40)13-24(27(42)29(26)46-28(21)25)39(14-18-4-7-20(33)12-23(18)34)31(44)17-2-5-19(6-3-17)32(35,36)37/h2-7,10-13,24,26-27,29,40-42H,8-9,14-15H2,1H3,(H,38,43). The summed E-state index contributed by atoms with van der Waals surface area (Å²) in [4.78, 5) is 28.8. The van der Waals surface area contributed by atoms with Crippen LogP contribution in [-0.4, -0.2) is 70.5 Å². The molecule has 2 aliphatic rings. The van der Waals surface area contributed by atoms with Crippen molar-refractivity contribution in [2.75, 3.05) is 20.3 Å². The van der Waals surface area contributed by atoms with E-state index in [4.69, 9.17) is 32.7 Å². The van der Waals surface area contributed by atoms with Gasteiger partial charge in [-0.05, 0) is 65.7 Å². The lowest BCUT2D eigenvalue weighted by Gasteiger charge is -2.41. The summed E-state index contributed by atoms with van der Waals surface area (Å²) < 4.78 is 51.5. The minimum Gasteiger partial charge on any atom is -0.493 e. The maximum Gasteiger partial charge on any atom is 0.416 e. The molecule has 0 spiro atoms. The number of amides is 2. The highest BCUT2D eigenvalue weighted by molar-refractivity contribution is 6.35. The van der Waals surface area contributed by atoms with E-state index >= 15 is 0 Å². The zero-order valence-corrected chi connectivity index (χ0v) is 25.7. The van der Waals surface area contributed by atoms with Crippen LogP contribution in [0.2, 0.25) is 10.0 Å². The number of nitrogens with zero attached hydrogens (tertiary/aromatic N) is 1. The van der Waals surface area contributed by atoms with Crippen LogP contribution >= 0.6 is 23.2 Å². The average Bonchev–Trinajstić information content (AvgIpc) is 3.43. The Morgan fingerprint density at radius 2 is 1.78 bits per heavy atom. The van der Waals surface area contributed by atoms with Gasteiger partial charge < -0.3 is 35.0 Å². The second-order valence-electron chi connectivity index (χ2n) is 10.8. The van der Waals surface area contributed by atoms with Crippen molar-refractivity contribution in [1.82, 2.24) is 10.2 Å². The van der Waals surface area contributed by atoms with Gasteiger partial charge >= 0.3 is 6.18 Å². The van der Waals surface area contributed by atoms with E-state index in [-0.39, 0.29) is 54.0 Å². The molecular weight excluding hydrogens is 652 g/mol. The number of carbonyl (C=O) groups is 2. The fourth-order valence-electron chi connectivity index (χ4n) is 5.73. The number of benzene rings is 3. The summed E-state index contributed by atoms with van der Waals surface area (Å²) in [6, 6.07) is 10.1. The zero-order chi connectivity index (χ0) is 33.3. The molecule has 4 N–H and O–H groups in total. The number of hydrogen-bond donors (Lipinski definition) is 4. The predicted molar refractivity (Wildman–Crippen MR) is 162 cm³/mol. The quantitative estimate of drug-likeness (QED) is 0.262. The lowest BCUT2D eigenvalue weighted by atomic mass is 9.77. The molecule has 46 heavy (non-hydrogen) atoms. The molecule has 244 valence electrons. The molecule has 0 saturated heterocycles. The third-order valence-corrected chi connectivity index (χ3v) is 8.52. The number of rotatable bonds is 9. The number of alkyl halides is 3. The van der Waals surface area contributed by atoms with E-state index in [1.165, 1.54) is 24.2 Å². The fraction of sp³-hybridized carbons (Fsp3) is 0.312. The van der Waals surface area contributed by atoms with Gasteiger partial charge in [0.2, 0.25) is 5.91 Å². The highest BCUT2D eigenvalue weighted by Crippen LogP contribution is 2.51. The third kappa shape index (κ3) is 6.53. The van der Waals surface area contributed by atoms with Gasteiger partial charge in [-0.2, -0.15) is 13.2 Å². The van der Waals surface area contributed by atoms with Crippen LogP contribution in [0.5, 0.6) is 11.5 Å². The minimum absolute atomic E-state index is 0.0942. The molecule has 0 aromatic heterocycles. The van der Waals surface area contributed by atoms with Gasteiger partial charge in [0.25, 0.3) is 5.91 Å². The summed E-state index contributed by atoms with van der Waals surface area (Å²) in [7, 11) is 1.40. The van der Waals surface area contributed by atoms with Gasteiger partial charge in [-0.3, -0.25) is 9.59 Å². The third-order valence-electron chi connectivity index (χ3n) is 7.93. The van der Waals surface area contributed by atoms with Gasteiger partial charge in [0.15, 0.2) is 11.5 Å². The number of ether oxygens (including phenoxy) is 2. The molecule has 1 aliphatic heterocycles. The van der Waals surface area contributed by atoms with Crippen molar-refractivity contribution in [3.8, 4) is 11.5 Å². The molecule has 9 nitrogen and oxygen atoms in total. The Kier molecular flexibility index (Phi) is 9.85. The summed E-state index contributed by atoms with van der Waals surface area (Å²) in [5.74, 6) is -1.76. The molecule has 2 amide bonds. The molecule has 0 fully saturated rings. The molecule has 5 rings (SSSR count). The molecule has 3 aromatic rings. The number of hydrogen-bond acceptors (Lipinski definition) is 7. The van der Waals surface area contributed by atoms with Crippen molar-refractivity contribution in [2.24, 2.45) is 0 Å². The molecule has 4 unspecified atom stereocenters. The molecule has 0 bridgehead atoms. The Hall–Kier alpha value is -3.81. The first-order valence-electron chi connectivity index (χ1n) is 14.1. The molecule has 0 radical (unpaired) electrons. The van der Waals surface area contributed by atoms with Crippen molar-refractivity contribution in [3.05, 3.63) is 104 Å². The van der Waals surface area contributed by atoms with Crippen molar-refractivity contribution < 1.29 is 47.6 Å². The molecule has 14 heteroatoms. The maximum atomic E-state index is 14.1. The maximum absolute atomic E-state index is 14.1. The first-order chi connectivity index (χ1) is 21.9. The van der Waals surface area contributed by atoms with Gasteiger partial charge in [-0.15, -0.1) is 0 Å². The SMILES string of the molecule is COc1cc(CO)cc2c1OC1C2C(C(=O)NCCO)=CC(N(Cc2ccc(Cl)cc2Cl)C(=O)c2ccc(C(F)(F)F)cc2)C1O. The molecule has 4 atom stereocenters. The number of fused-ring (bicyclic) bond motifs is 3. The summed E-state index contributed by atoms with van der Waals surface area (Å²) in [6.45, 7) is -1.04. The highest BCUT2D eigenvalue weighted by atomic mass is 35.5.